The lowest BCUT2D eigenvalue weighted by Gasteiger charge is -2.26. The van der Waals surface area contributed by atoms with E-state index in [2.05, 4.69) is 10.6 Å². The van der Waals surface area contributed by atoms with Crippen molar-refractivity contribution in [1.82, 2.24) is 20.4 Å². The lowest BCUT2D eigenvalue weighted by molar-refractivity contribution is -0.135. The summed E-state index contributed by atoms with van der Waals surface area (Å²) in [7, 11) is 4.97. The average Bonchev–Trinajstić information content (AvgIpc) is 3.06. The number of rotatable bonds is 6. The molecule has 2 rings (SSSR count). The summed E-state index contributed by atoms with van der Waals surface area (Å²) >= 11 is 0. The number of carbonyl (C=O) groups is 3. The second-order valence-corrected chi connectivity index (χ2v) is 6.39. The molecule has 1 heterocycles. The minimum Gasteiger partial charge on any atom is -0.357 e. The summed E-state index contributed by atoms with van der Waals surface area (Å²) in [5, 5.41) is 5.36. The molecule has 1 aliphatic heterocycles. The van der Waals surface area contributed by atoms with E-state index in [1.807, 2.05) is 23.1 Å². The predicted molar refractivity (Wildman–Crippen MR) is 94.7 cm³/mol. The van der Waals surface area contributed by atoms with Crippen molar-refractivity contribution in [1.29, 1.82) is 0 Å². The van der Waals surface area contributed by atoms with Crippen molar-refractivity contribution in [2.45, 2.75) is 24.9 Å². The second-order valence-electron chi connectivity index (χ2n) is 6.39. The zero-order valence-electron chi connectivity index (χ0n) is 15.0. The quantitative estimate of drug-likeness (QED) is 0.768. The number of nitrogens with zero attached hydrogens (tertiary/aromatic N) is 2. The molecule has 7 heteroatoms. The number of amides is 3. The molecule has 3 amide bonds. The maximum Gasteiger partial charge on any atom is 0.246 e. The van der Waals surface area contributed by atoms with Gasteiger partial charge < -0.3 is 15.5 Å². The maximum absolute atomic E-state index is 12.5. The molecule has 0 bridgehead atoms. The van der Waals surface area contributed by atoms with Crippen LogP contribution < -0.4 is 10.6 Å². The number of carbonyl (C=O) groups excluding carboxylic acids is 3. The summed E-state index contributed by atoms with van der Waals surface area (Å²) in [5.41, 5.74) is 0.720. The molecule has 136 valence electrons. The monoisotopic (exact) mass is 346 g/mol. The minimum absolute atomic E-state index is 0.0104. The number of likely N-dealkylation sites (tertiary alicyclic amines) is 1. The van der Waals surface area contributed by atoms with E-state index in [0.29, 0.717) is 6.54 Å². The van der Waals surface area contributed by atoms with Crippen LogP contribution in [0.5, 0.6) is 0 Å². The van der Waals surface area contributed by atoms with E-state index in [9.17, 15) is 14.4 Å². The van der Waals surface area contributed by atoms with Gasteiger partial charge in [0.2, 0.25) is 17.7 Å². The first-order valence-electron chi connectivity index (χ1n) is 8.45. The molecule has 1 saturated heterocycles. The number of hydrogen-bond donors (Lipinski definition) is 2. The fourth-order valence-electron chi connectivity index (χ4n) is 3.07. The Kier molecular flexibility index (Phi) is 6.52. The molecule has 0 saturated carbocycles. The van der Waals surface area contributed by atoms with Crippen LogP contribution in [-0.4, -0.2) is 67.8 Å². The Morgan fingerprint density at radius 3 is 2.52 bits per heavy atom. The minimum atomic E-state index is -0.746. The molecule has 2 N–H and O–H groups in total. The number of nitrogens with one attached hydrogen (secondary N) is 2. The summed E-state index contributed by atoms with van der Waals surface area (Å²) < 4.78 is 0. The molecular formula is C18H26N4O3. The van der Waals surface area contributed by atoms with Gasteiger partial charge in [0.05, 0.1) is 12.6 Å². The van der Waals surface area contributed by atoms with Crippen LogP contribution >= 0.6 is 0 Å². The molecule has 1 aromatic rings. The molecule has 1 fully saturated rings. The number of likely N-dealkylation sites (N-methyl/N-ethyl adjacent to an activating group) is 2. The van der Waals surface area contributed by atoms with E-state index in [1.165, 1.54) is 7.05 Å². The lowest BCUT2D eigenvalue weighted by Crippen LogP contribution is -2.48. The lowest BCUT2D eigenvalue weighted by atomic mass is 10.1. The first kappa shape index (κ1) is 18.9. The van der Waals surface area contributed by atoms with Gasteiger partial charge in [0, 0.05) is 21.1 Å². The molecule has 1 aliphatic rings. The maximum atomic E-state index is 12.5. The van der Waals surface area contributed by atoms with Crippen LogP contribution in [0.4, 0.5) is 0 Å². The fraction of sp³-hybridized carbons (Fsp3) is 0.500. The van der Waals surface area contributed by atoms with E-state index < -0.39 is 6.04 Å². The third kappa shape index (κ3) is 4.79. The fourth-order valence-corrected chi connectivity index (χ4v) is 3.07. The molecule has 7 nitrogen and oxygen atoms in total. The van der Waals surface area contributed by atoms with Crippen LogP contribution in [0.1, 0.15) is 24.4 Å². The van der Waals surface area contributed by atoms with E-state index in [4.69, 9.17) is 0 Å². The van der Waals surface area contributed by atoms with Gasteiger partial charge in [-0.1, -0.05) is 30.3 Å². The van der Waals surface area contributed by atoms with Crippen molar-refractivity contribution < 1.29 is 14.4 Å². The first-order valence-corrected chi connectivity index (χ1v) is 8.45. The summed E-state index contributed by atoms with van der Waals surface area (Å²) in [6, 6.07) is 8.09. The van der Waals surface area contributed by atoms with Crippen molar-refractivity contribution in [3.8, 4) is 0 Å². The topological polar surface area (TPSA) is 81.8 Å². The van der Waals surface area contributed by atoms with Gasteiger partial charge in [-0.25, -0.2) is 0 Å². The highest BCUT2D eigenvalue weighted by molar-refractivity contribution is 5.89. The van der Waals surface area contributed by atoms with Crippen molar-refractivity contribution >= 4 is 17.7 Å². The molecular weight excluding hydrogens is 320 g/mol. The highest BCUT2D eigenvalue weighted by Gasteiger charge is 2.33. The van der Waals surface area contributed by atoms with Crippen LogP contribution in [0, 0.1) is 0 Å². The largest absolute Gasteiger partial charge is 0.357 e. The highest BCUT2D eigenvalue weighted by atomic mass is 16.2. The number of benzene rings is 1. The van der Waals surface area contributed by atoms with Crippen molar-refractivity contribution in [2.75, 3.05) is 34.2 Å². The molecule has 0 spiro atoms. The zero-order valence-corrected chi connectivity index (χ0v) is 15.0. The van der Waals surface area contributed by atoms with Gasteiger partial charge in [0.25, 0.3) is 0 Å². The Morgan fingerprint density at radius 2 is 1.92 bits per heavy atom. The van der Waals surface area contributed by atoms with Crippen LogP contribution in [0.15, 0.2) is 30.3 Å². The third-order valence-electron chi connectivity index (χ3n) is 4.38. The Morgan fingerprint density at radius 1 is 1.24 bits per heavy atom. The Labute approximate surface area is 148 Å². The van der Waals surface area contributed by atoms with Crippen LogP contribution in [-0.2, 0) is 14.4 Å². The van der Waals surface area contributed by atoms with E-state index in [1.54, 1.807) is 31.1 Å². The molecule has 25 heavy (non-hydrogen) atoms. The van der Waals surface area contributed by atoms with Gasteiger partial charge in [0.15, 0.2) is 0 Å². The average molecular weight is 346 g/mol. The van der Waals surface area contributed by atoms with Crippen molar-refractivity contribution in [2.24, 2.45) is 0 Å². The van der Waals surface area contributed by atoms with E-state index in [-0.39, 0.29) is 30.3 Å². The SMILES string of the molecule is CNC(=O)C(NC(=O)CN1CCCC1C(=O)N(C)C)c1ccccc1. The number of hydrogen-bond acceptors (Lipinski definition) is 4. The van der Waals surface area contributed by atoms with E-state index >= 15 is 0 Å². The molecule has 0 aromatic heterocycles. The van der Waals surface area contributed by atoms with Gasteiger partial charge >= 0.3 is 0 Å². The Hall–Kier alpha value is -2.41. The smallest absolute Gasteiger partial charge is 0.246 e. The second kappa shape index (κ2) is 8.62. The summed E-state index contributed by atoms with van der Waals surface area (Å²) in [4.78, 5) is 40.3. The van der Waals surface area contributed by atoms with Crippen LogP contribution in [0.2, 0.25) is 0 Å². The molecule has 1 aromatic carbocycles. The normalized spacial score (nSPS) is 18.4. The molecule has 2 atom stereocenters. The summed E-state index contributed by atoms with van der Waals surface area (Å²) in [6.45, 7) is 0.804. The predicted octanol–water partition coefficient (Wildman–Crippen LogP) is 0.143. The third-order valence-corrected chi connectivity index (χ3v) is 4.38. The molecule has 2 unspecified atom stereocenters. The summed E-state index contributed by atoms with van der Waals surface area (Å²) in [5.74, 6) is -0.533. The van der Waals surface area contributed by atoms with Gasteiger partial charge in [-0.15, -0.1) is 0 Å². The van der Waals surface area contributed by atoms with Gasteiger partial charge in [0.1, 0.15) is 6.04 Å². The first-order chi connectivity index (χ1) is 11.9. The van der Waals surface area contributed by atoms with Crippen LogP contribution in [0.3, 0.4) is 0 Å². The van der Waals surface area contributed by atoms with Crippen molar-refractivity contribution in [3.63, 3.8) is 0 Å². The van der Waals surface area contributed by atoms with Gasteiger partial charge in [-0.05, 0) is 24.9 Å². The molecule has 0 aliphatic carbocycles. The Balaban J connectivity index is 2.04. The summed E-state index contributed by atoms with van der Waals surface area (Å²) in [6.07, 6.45) is 1.64. The highest BCUT2D eigenvalue weighted by Crippen LogP contribution is 2.19. The molecule has 0 radical (unpaired) electrons. The standard InChI is InChI=1S/C18H26N4O3/c1-19-17(24)16(13-8-5-4-6-9-13)20-15(23)12-22-11-7-10-14(22)18(25)21(2)3/h4-6,8-9,14,16H,7,10-12H2,1-3H3,(H,19,24)(H,20,23). The Bertz CT molecular complexity index is 618. The van der Waals surface area contributed by atoms with Crippen LogP contribution in [0.25, 0.3) is 0 Å². The van der Waals surface area contributed by atoms with Gasteiger partial charge in [-0.2, -0.15) is 0 Å². The van der Waals surface area contributed by atoms with Crippen molar-refractivity contribution in [3.05, 3.63) is 35.9 Å². The zero-order chi connectivity index (χ0) is 18.4. The van der Waals surface area contributed by atoms with Gasteiger partial charge in [-0.3, -0.25) is 19.3 Å². The van der Waals surface area contributed by atoms with E-state index in [0.717, 1.165) is 18.4 Å².